The van der Waals surface area contributed by atoms with Crippen molar-refractivity contribution in [2.24, 2.45) is 11.8 Å². The van der Waals surface area contributed by atoms with Gasteiger partial charge >= 0.3 is 0 Å². The molecule has 0 aliphatic carbocycles. The molecule has 4 unspecified atom stereocenters. The quantitative estimate of drug-likeness (QED) is 0.579. The number of hydrogen-bond acceptors (Lipinski definition) is 4. The smallest absolute Gasteiger partial charge is 0.109 e. The molecule has 0 heterocycles. The molecule has 122 valence electrons. The Balaban J connectivity index is -0.000000256. The first kappa shape index (κ1) is 24.4. The fraction of sp³-hybridized carbons (Fsp3) is 1.00. The van der Waals surface area contributed by atoms with E-state index in [2.05, 4.69) is 13.8 Å². The molecular weight excluding hydrogens is 287 g/mol. The molecule has 0 spiro atoms. The maximum atomic E-state index is 9.32. The molecule has 0 aliphatic heterocycles. The second-order valence-electron chi connectivity index (χ2n) is 5.53. The van der Waals surface area contributed by atoms with Crippen molar-refractivity contribution in [1.82, 2.24) is 9.80 Å². The summed E-state index contributed by atoms with van der Waals surface area (Å²) in [5, 5.41) is 18.6. The van der Waals surface area contributed by atoms with E-state index in [0.29, 0.717) is 11.8 Å². The van der Waals surface area contributed by atoms with Crippen LogP contribution in [-0.4, -0.2) is 60.7 Å². The summed E-state index contributed by atoms with van der Waals surface area (Å²) in [5.74, 6) is 0.750. The van der Waals surface area contributed by atoms with E-state index in [0.717, 1.165) is 12.8 Å². The first-order valence-corrected chi connectivity index (χ1v) is 6.87. The van der Waals surface area contributed by atoms with Crippen LogP contribution in [0.1, 0.15) is 40.5 Å². The van der Waals surface area contributed by atoms with Crippen molar-refractivity contribution in [3.05, 3.63) is 0 Å². The van der Waals surface area contributed by atoms with Crippen molar-refractivity contribution in [2.45, 2.75) is 53.0 Å². The molecule has 4 atom stereocenters. The van der Waals surface area contributed by atoms with Gasteiger partial charge < -0.3 is 10.2 Å². The van der Waals surface area contributed by atoms with Gasteiger partial charge in [-0.1, -0.05) is 27.7 Å². The van der Waals surface area contributed by atoms with E-state index in [1.165, 1.54) is 0 Å². The fourth-order valence-electron chi connectivity index (χ4n) is 1.44. The van der Waals surface area contributed by atoms with Gasteiger partial charge in [0.05, 0.1) is 0 Å². The predicted octanol–water partition coefficient (Wildman–Crippen LogP) is 1.82. The van der Waals surface area contributed by atoms with Gasteiger partial charge in [0.15, 0.2) is 0 Å². The van der Waals surface area contributed by atoms with Crippen LogP contribution < -0.4 is 0 Å². The largest absolute Gasteiger partial charge is 0.378 e. The minimum Gasteiger partial charge on any atom is -0.378 e. The maximum Gasteiger partial charge on any atom is 0.109 e. The Labute approximate surface area is 130 Å². The Morgan fingerprint density at radius 2 is 0.947 bits per heavy atom. The van der Waals surface area contributed by atoms with Gasteiger partial charge in [-0.25, -0.2) is 0 Å². The number of aliphatic hydroxyl groups is 2. The molecule has 0 aliphatic rings. The van der Waals surface area contributed by atoms with Gasteiger partial charge in [-0.15, -0.1) is 0 Å². The summed E-state index contributed by atoms with van der Waals surface area (Å²) in [6.07, 6.45) is 1.49. The average molecular weight is 321 g/mol. The van der Waals surface area contributed by atoms with E-state index in [4.69, 9.17) is 0 Å². The van der Waals surface area contributed by atoms with E-state index in [9.17, 15) is 10.2 Å². The van der Waals surface area contributed by atoms with Crippen molar-refractivity contribution < 1.29 is 26.7 Å². The number of rotatable bonds is 6. The fourth-order valence-corrected chi connectivity index (χ4v) is 1.44. The number of nitrogens with zero attached hydrogens (tertiary/aromatic N) is 2. The molecule has 0 aromatic rings. The van der Waals surface area contributed by atoms with Crippen LogP contribution in [0.5, 0.6) is 0 Å². The molecule has 2 N–H and O–H groups in total. The minimum atomic E-state index is -0.282. The molecular formula is C14H34N2NiO2. The third-order valence-electron chi connectivity index (χ3n) is 3.36. The zero-order valence-corrected chi connectivity index (χ0v) is 14.8. The topological polar surface area (TPSA) is 46.9 Å². The van der Waals surface area contributed by atoms with Crippen molar-refractivity contribution >= 4 is 0 Å². The Kier molecular flexibility index (Phi) is 17.1. The van der Waals surface area contributed by atoms with E-state index in [-0.39, 0.29) is 28.9 Å². The summed E-state index contributed by atoms with van der Waals surface area (Å²) in [6, 6.07) is 0. The zero-order valence-electron chi connectivity index (χ0n) is 13.8. The minimum absolute atomic E-state index is 0. The molecule has 0 bridgehead atoms. The SMILES string of the molecule is CCC(C)C(O)N(C)C.CCC(C)C(O)N(C)C.[Ni]. The number of aliphatic hydroxyl groups excluding tert-OH is 2. The van der Waals surface area contributed by atoms with Crippen molar-refractivity contribution in [2.75, 3.05) is 28.2 Å². The van der Waals surface area contributed by atoms with Gasteiger partial charge in [-0.05, 0) is 52.9 Å². The third kappa shape index (κ3) is 11.8. The molecule has 5 heteroatoms. The van der Waals surface area contributed by atoms with Crippen LogP contribution in [0.4, 0.5) is 0 Å². The first-order chi connectivity index (χ1) is 8.18. The number of hydrogen-bond donors (Lipinski definition) is 2. The van der Waals surface area contributed by atoms with Crippen molar-refractivity contribution in [1.29, 1.82) is 0 Å². The van der Waals surface area contributed by atoms with Gasteiger partial charge in [0, 0.05) is 16.5 Å². The first-order valence-electron chi connectivity index (χ1n) is 6.87. The molecule has 0 amide bonds. The molecule has 0 radical (unpaired) electrons. The molecule has 0 saturated heterocycles. The zero-order chi connectivity index (χ0) is 14.9. The van der Waals surface area contributed by atoms with Gasteiger partial charge in [0.25, 0.3) is 0 Å². The summed E-state index contributed by atoms with van der Waals surface area (Å²) < 4.78 is 0. The van der Waals surface area contributed by atoms with Gasteiger partial charge in [0.1, 0.15) is 12.5 Å². The summed E-state index contributed by atoms with van der Waals surface area (Å²) in [4.78, 5) is 3.66. The van der Waals surface area contributed by atoms with Crippen LogP contribution in [0.25, 0.3) is 0 Å². The predicted molar refractivity (Wildman–Crippen MR) is 78.3 cm³/mol. The molecule has 0 aromatic carbocycles. The Bertz CT molecular complexity index is 172. The summed E-state index contributed by atoms with van der Waals surface area (Å²) in [6.45, 7) is 8.25. The molecule has 0 aromatic heterocycles. The molecule has 0 rings (SSSR count). The van der Waals surface area contributed by atoms with Crippen LogP contribution >= 0.6 is 0 Å². The maximum absolute atomic E-state index is 9.32. The standard InChI is InChI=1S/2C7H17NO.Ni/c2*1-5-6(2)7(9)8(3)4;/h2*6-7,9H,5H2,1-4H3;. The van der Waals surface area contributed by atoms with E-state index in [1.807, 2.05) is 51.8 Å². The summed E-state index contributed by atoms with van der Waals surface area (Å²) in [7, 11) is 7.54. The Morgan fingerprint density at radius 3 is 1.00 bits per heavy atom. The van der Waals surface area contributed by atoms with Gasteiger partial charge in [0.2, 0.25) is 0 Å². The van der Waals surface area contributed by atoms with Crippen LogP contribution in [0, 0.1) is 11.8 Å². The molecule has 4 nitrogen and oxygen atoms in total. The van der Waals surface area contributed by atoms with E-state index >= 15 is 0 Å². The van der Waals surface area contributed by atoms with Crippen LogP contribution in [-0.2, 0) is 16.5 Å². The van der Waals surface area contributed by atoms with Crippen LogP contribution in [0.2, 0.25) is 0 Å². The Morgan fingerprint density at radius 1 is 0.737 bits per heavy atom. The van der Waals surface area contributed by atoms with Crippen LogP contribution in [0.3, 0.4) is 0 Å². The van der Waals surface area contributed by atoms with E-state index in [1.54, 1.807) is 0 Å². The normalized spacial score (nSPS) is 17.1. The summed E-state index contributed by atoms with van der Waals surface area (Å²) >= 11 is 0. The van der Waals surface area contributed by atoms with Gasteiger partial charge in [-0.2, -0.15) is 0 Å². The monoisotopic (exact) mass is 320 g/mol. The molecule has 19 heavy (non-hydrogen) atoms. The van der Waals surface area contributed by atoms with Crippen LogP contribution in [0.15, 0.2) is 0 Å². The van der Waals surface area contributed by atoms with Gasteiger partial charge in [-0.3, -0.25) is 9.80 Å². The second kappa shape index (κ2) is 13.3. The molecule has 0 saturated carbocycles. The van der Waals surface area contributed by atoms with E-state index < -0.39 is 0 Å². The average Bonchev–Trinajstić information content (AvgIpc) is 2.35. The summed E-state index contributed by atoms with van der Waals surface area (Å²) in [5.41, 5.74) is 0. The van der Waals surface area contributed by atoms with Crippen molar-refractivity contribution in [3.63, 3.8) is 0 Å². The molecule has 0 fully saturated rings. The third-order valence-corrected chi connectivity index (χ3v) is 3.36. The second-order valence-corrected chi connectivity index (χ2v) is 5.53. The van der Waals surface area contributed by atoms with Crippen molar-refractivity contribution in [3.8, 4) is 0 Å². The Hall–Kier alpha value is 0.334.